The fraction of sp³-hybridized carbons (Fsp3) is 0. The smallest absolute Gasteiger partial charge is 0.150 e. The fourth-order valence-electron chi connectivity index (χ4n) is 2.17. The molecular formula is C17H12OS. The first-order valence-corrected chi connectivity index (χ1v) is 6.95. The van der Waals surface area contributed by atoms with Crippen LogP contribution in [0.4, 0.5) is 0 Å². The van der Waals surface area contributed by atoms with E-state index >= 15 is 0 Å². The van der Waals surface area contributed by atoms with Crippen molar-refractivity contribution in [2.75, 3.05) is 0 Å². The molecule has 0 fully saturated rings. The van der Waals surface area contributed by atoms with Gasteiger partial charge in [-0.15, -0.1) is 11.3 Å². The summed E-state index contributed by atoms with van der Waals surface area (Å²) in [5.41, 5.74) is 4.10. The number of aldehydes is 1. The summed E-state index contributed by atoms with van der Waals surface area (Å²) >= 11 is 1.67. The van der Waals surface area contributed by atoms with Crippen molar-refractivity contribution in [3.8, 4) is 21.6 Å². The Morgan fingerprint density at radius 3 is 2.32 bits per heavy atom. The van der Waals surface area contributed by atoms with E-state index in [-0.39, 0.29) is 0 Å². The molecule has 0 aliphatic rings. The molecule has 0 aliphatic carbocycles. The van der Waals surface area contributed by atoms with E-state index in [9.17, 15) is 4.79 Å². The van der Waals surface area contributed by atoms with Crippen molar-refractivity contribution in [1.82, 2.24) is 0 Å². The van der Waals surface area contributed by atoms with Crippen LogP contribution in [0.1, 0.15) is 10.4 Å². The largest absolute Gasteiger partial charge is 0.298 e. The average molecular weight is 264 g/mol. The van der Waals surface area contributed by atoms with E-state index < -0.39 is 0 Å². The minimum Gasteiger partial charge on any atom is -0.298 e. The van der Waals surface area contributed by atoms with E-state index in [2.05, 4.69) is 23.6 Å². The highest BCUT2D eigenvalue weighted by Gasteiger charge is 2.11. The monoisotopic (exact) mass is 264 g/mol. The molecular weight excluding hydrogens is 252 g/mol. The number of rotatable bonds is 3. The van der Waals surface area contributed by atoms with E-state index in [0.29, 0.717) is 0 Å². The molecule has 3 rings (SSSR count). The Morgan fingerprint density at radius 2 is 1.53 bits per heavy atom. The Morgan fingerprint density at radius 1 is 0.789 bits per heavy atom. The van der Waals surface area contributed by atoms with Gasteiger partial charge < -0.3 is 0 Å². The molecule has 92 valence electrons. The third-order valence-corrected chi connectivity index (χ3v) is 4.03. The molecule has 1 aromatic heterocycles. The van der Waals surface area contributed by atoms with Gasteiger partial charge in [0, 0.05) is 21.6 Å². The molecule has 3 aromatic rings. The molecule has 2 aromatic carbocycles. The van der Waals surface area contributed by atoms with Crippen LogP contribution in [-0.2, 0) is 0 Å². The van der Waals surface area contributed by atoms with Gasteiger partial charge in [0.2, 0.25) is 0 Å². The van der Waals surface area contributed by atoms with Crippen LogP contribution in [0.15, 0.2) is 66.0 Å². The van der Waals surface area contributed by atoms with E-state index in [4.69, 9.17) is 0 Å². The van der Waals surface area contributed by atoms with Crippen LogP contribution in [-0.4, -0.2) is 6.29 Å². The molecule has 0 saturated carbocycles. The van der Waals surface area contributed by atoms with Crippen molar-refractivity contribution < 1.29 is 4.79 Å². The fourth-order valence-corrected chi connectivity index (χ4v) is 3.14. The van der Waals surface area contributed by atoms with E-state index in [1.54, 1.807) is 11.3 Å². The number of carbonyl (C=O) groups excluding carboxylic acids is 1. The van der Waals surface area contributed by atoms with Crippen molar-refractivity contribution in [1.29, 1.82) is 0 Å². The van der Waals surface area contributed by atoms with Gasteiger partial charge in [0.1, 0.15) is 0 Å². The van der Waals surface area contributed by atoms with Gasteiger partial charge in [-0.2, -0.15) is 0 Å². The number of benzene rings is 2. The molecule has 0 radical (unpaired) electrons. The Kier molecular flexibility index (Phi) is 3.25. The molecule has 0 unspecified atom stereocenters. The third-order valence-electron chi connectivity index (χ3n) is 3.08. The van der Waals surface area contributed by atoms with Crippen LogP contribution in [0.3, 0.4) is 0 Å². The molecule has 1 heterocycles. The van der Waals surface area contributed by atoms with E-state index in [1.165, 1.54) is 11.1 Å². The lowest BCUT2D eigenvalue weighted by atomic mass is 10.00. The second-order valence-electron chi connectivity index (χ2n) is 4.23. The molecule has 0 bridgehead atoms. The van der Waals surface area contributed by atoms with E-state index in [0.717, 1.165) is 22.3 Å². The van der Waals surface area contributed by atoms with Crippen molar-refractivity contribution in [2.24, 2.45) is 0 Å². The quantitative estimate of drug-likeness (QED) is 0.615. The second-order valence-corrected chi connectivity index (χ2v) is 5.15. The molecule has 0 N–H and O–H groups in total. The SMILES string of the molecule is O=Cc1ccccc1-c1sccc1-c1ccccc1. The lowest BCUT2D eigenvalue weighted by molar-refractivity contribution is 0.112. The van der Waals surface area contributed by atoms with Gasteiger partial charge in [-0.05, 0) is 17.0 Å². The third kappa shape index (κ3) is 2.23. The van der Waals surface area contributed by atoms with Crippen LogP contribution in [0.25, 0.3) is 21.6 Å². The minimum atomic E-state index is 0.738. The summed E-state index contributed by atoms with van der Waals surface area (Å²) in [6.07, 6.45) is 0.920. The molecule has 0 saturated heterocycles. The number of thiophene rings is 1. The molecule has 0 aliphatic heterocycles. The summed E-state index contributed by atoms with van der Waals surface area (Å²) in [5, 5.41) is 2.07. The highest BCUT2D eigenvalue weighted by molar-refractivity contribution is 7.14. The predicted molar refractivity (Wildman–Crippen MR) is 80.6 cm³/mol. The molecule has 1 nitrogen and oxygen atoms in total. The van der Waals surface area contributed by atoms with Crippen molar-refractivity contribution >= 4 is 17.6 Å². The number of hydrogen-bond acceptors (Lipinski definition) is 2. The maximum Gasteiger partial charge on any atom is 0.150 e. The first-order chi connectivity index (χ1) is 9.40. The Balaban J connectivity index is 2.18. The standard InChI is InChI=1S/C17H12OS/c18-12-14-8-4-5-9-15(14)17-16(10-11-19-17)13-6-2-1-3-7-13/h1-12H. The van der Waals surface area contributed by atoms with Gasteiger partial charge in [-0.25, -0.2) is 0 Å². The van der Waals surface area contributed by atoms with Crippen molar-refractivity contribution in [3.63, 3.8) is 0 Å². The lowest BCUT2D eigenvalue weighted by Gasteiger charge is -2.06. The minimum absolute atomic E-state index is 0.738. The summed E-state index contributed by atoms with van der Waals surface area (Å²) in [5.74, 6) is 0. The zero-order valence-electron chi connectivity index (χ0n) is 10.2. The maximum atomic E-state index is 11.2. The molecule has 0 spiro atoms. The first kappa shape index (κ1) is 11.9. The number of hydrogen-bond donors (Lipinski definition) is 0. The van der Waals surface area contributed by atoms with Gasteiger partial charge in [0.05, 0.1) is 0 Å². The Labute approximate surface area is 116 Å². The van der Waals surface area contributed by atoms with Gasteiger partial charge >= 0.3 is 0 Å². The summed E-state index contributed by atoms with van der Waals surface area (Å²) in [6.45, 7) is 0. The van der Waals surface area contributed by atoms with Crippen LogP contribution in [0.2, 0.25) is 0 Å². The normalized spacial score (nSPS) is 10.3. The Bertz CT molecular complexity index is 698. The molecule has 0 atom stereocenters. The highest BCUT2D eigenvalue weighted by Crippen LogP contribution is 2.37. The average Bonchev–Trinajstić information content (AvgIpc) is 2.97. The van der Waals surface area contributed by atoms with Crippen LogP contribution >= 0.6 is 11.3 Å². The summed E-state index contributed by atoms with van der Waals surface area (Å²) in [7, 11) is 0. The van der Waals surface area contributed by atoms with Gasteiger partial charge in [0.15, 0.2) is 6.29 Å². The van der Waals surface area contributed by atoms with Crippen molar-refractivity contribution in [3.05, 3.63) is 71.6 Å². The van der Waals surface area contributed by atoms with Gasteiger partial charge in [0.25, 0.3) is 0 Å². The summed E-state index contributed by atoms with van der Waals surface area (Å²) < 4.78 is 0. The second kappa shape index (κ2) is 5.21. The molecule has 19 heavy (non-hydrogen) atoms. The Hall–Kier alpha value is -2.19. The maximum absolute atomic E-state index is 11.2. The molecule has 0 amide bonds. The van der Waals surface area contributed by atoms with Gasteiger partial charge in [-0.1, -0.05) is 54.6 Å². The van der Waals surface area contributed by atoms with Crippen LogP contribution in [0, 0.1) is 0 Å². The molecule has 2 heteroatoms. The number of carbonyl (C=O) groups is 1. The topological polar surface area (TPSA) is 17.1 Å². The highest BCUT2D eigenvalue weighted by atomic mass is 32.1. The van der Waals surface area contributed by atoms with Crippen LogP contribution in [0.5, 0.6) is 0 Å². The first-order valence-electron chi connectivity index (χ1n) is 6.07. The van der Waals surface area contributed by atoms with Gasteiger partial charge in [-0.3, -0.25) is 4.79 Å². The lowest BCUT2D eigenvalue weighted by Crippen LogP contribution is -1.86. The van der Waals surface area contributed by atoms with E-state index in [1.807, 2.05) is 42.5 Å². The summed E-state index contributed by atoms with van der Waals surface area (Å²) in [4.78, 5) is 12.3. The zero-order valence-corrected chi connectivity index (χ0v) is 11.1. The van der Waals surface area contributed by atoms with Crippen molar-refractivity contribution in [2.45, 2.75) is 0 Å². The van der Waals surface area contributed by atoms with Crippen LogP contribution < -0.4 is 0 Å². The zero-order chi connectivity index (χ0) is 13.1. The predicted octanol–water partition coefficient (Wildman–Crippen LogP) is 4.89. The summed E-state index contributed by atoms with van der Waals surface area (Å²) in [6, 6.07) is 20.1.